The Hall–Kier alpha value is -2.23. The molecule has 0 aliphatic carbocycles. The molecular weight excluding hydrogens is 238 g/mol. The van der Waals surface area contributed by atoms with Gasteiger partial charge in [0, 0.05) is 43.6 Å². The van der Waals surface area contributed by atoms with Crippen LogP contribution >= 0.6 is 0 Å². The molecule has 1 unspecified atom stereocenters. The fourth-order valence-corrected chi connectivity index (χ4v) is 2.63. The summed E-state index contributed by atoms with van der Waals surface area (Å²) in [5.74, 6) is 0. The maximum absolute atomic E-state index is 12.2. The number of fused-ring (bicyclic) bond motifs is 1. The summed E-state index contributed by atoms with van der Waals surface area (Å²) in [5.41, 5.74) is 0.805. The fourth-order valence-electron chi connectivity index (χ4n) is 2.63. The van der Waals surface area contributed by atoms with Crippen molar-refractivity contribution in [3.8, 4) is 0 Å². The zero-order chi connectivity index (χ0) is 13.6. The average molecular weight is 255 g/mol. The van der Waals surface area contributed by atoms with E-state index in [0.29, 0.717) is 0 Å². The van der Waals surface area contributed by atoms with E-state index in [-0.39, 0.29) is 11.2 Å². The molecule has 0 fully saturated rings. The molecule has 0 amide bonds. The number of nitrogens with zero attached hydrogens (tertiary/aromatic N) is 2. The number of rotatable bonds is 1. The SMILES string of the molecule is CN1C=CNC1(C)c1cn(C)c(=O)c2ccccc12. The topological polar surface area (TPSA) is 37.3 Å². The Bertz CT molecular complexity index is 732. The van der Waals surface area contributed by atoms with E-state index in [9.17, 15) is 4.79 Å². The first-order valence-corrected chi connectivity index (χ1v) is 6.30. The van der Waals surface area contributed by atoms with Gasteiger partial charge in [-0.3, -0.25) is 4.79 Å². The van der Waals surface area contributed by atoms with Crippen molar-refractivity contribution in [3.63, 3.8) is 0 Å². The third-order valence-corrected chi connectivity index (χ3v) is 3.98. The Morgan fingerprint density at radius 3 is 2.47 bits per heavy atom. The van der Waals surface area contributed by atoms with Gasteiger partial charge in [-0.25, -0.2) is 0 Å². The van der Waals surface area contributed by atoms with Gasteiger partial charge in [-0.2, -0.15) is 0 Å². The molecule has 1 aliphatic heterocycles. The first-order chi connectivity index (χ1) is 9.04. The van der Waals surface area contributed by atoms with Crippen LogP contribution in [0.25, 0.3) is 10.8 Å². The van der Waals surface area contributed by atoms with Gasteiger partial charge in [0.15, 0.2) is 0 Å². The molecule has 4 heteroatoms. The number of pyridine rings is 1. The molecule has 19 heavy (non-hydrogen) atoms. The standard InChI is InChI=1S/C15H17N3O/c1-15(16-8-9-18(15)3)13-10-17(2)14(19)12-7-5-4-6-11(12)13/h4-10,16H,1-3H3. The van der Waals surface area contributed by atoms with E-state index in [1.807, 2.05) is 49.9 Å². The van der Waals surface area contributed by atoms with Crippen molar-refractivity contribution in [2.75, 3.05) is 7.05 Å². The summed E-state index contributed by atoms with van der Waals surface area (Å²) < 4.78 is 1.65. The molecule has 1 aromatic heterocycles. The summed E-state index contributed by atoms with van der Waals surface area (Å²) in [6.07, 6.45) is 5.85. The lowest BCUT2D eigenvalue weighted by atomic mass is 9.96. The van der Waals surface area contributed by atoms with Crippen LogP contribution in [0.1, 0.15) is 12.5 Å². The van der Waals surface area contributed by atoms with Crippen LogP contribution in [0.2, 0.25) is 0 Å². The summed E-state index contributed by atoms with van der Waals surface area (Å²) in [6.45, 7) is 2.11. The molecule has 4 nitrogen and oxygen atoms in total. The van der Waals surface area contributed by atoms with Gasteiger partial charge in [0.05, 0.1) is 0 Å². The fraction of sp³-hybridized carbons (Fsp3) is 0.267. The van der Waals surface area contributed by atoms with Crippen LogP contribution in [0, 0.1) is 0 Å². The van der Waals surface area contributed by atoms with Crippen LogP contribution in [0.15, 0.2) is 47.7 Å². The van der Waals surface area contributed by atoms with E-state index in [2.05, 4.69) is 17.1 Å². The minimum atomic E-state index is -0.328. The highest BCUT2D eigenvalue weighted by Gasteiger charge is 2.34. The van der Waals surface area contributed by atoms with Crippen LogP contribution in [0.3, 0.4) is 0 Å². The minimum absolute atomic E-state index is 0.0385. The van der Waals surface area contributed by atoms with Crippen molar-refractivity contribution in [1.82, 2.24) is 14.8 Å². The zero-order valence-electron chi connectivity index (χ0n) is 11.3. The average Bonchev–Trinajstić information content (AvgIpc) is 2.75. The second kappa shape index (κ2) is 3.88. The highest BCUT2D eigenvalue weighted by atomic mass is 16.1. The second-order valence-corrected chi connectivity index (χ2v) is 5.15. The van der Waals surface area contributed by atoms with Gasteiger partial charge < -0.3 is 14.8 Å². The Morgan fingerprint density at radius 1 is 1.16 bits per heavy atom. The van der Waals surface area contributed by atoms with E-state index in [1.54, 1.807) is 11.6 Å². The van der Waals surface area contributed by atoms with Crippen LogP contribution < -0.4 is 10.9 Å². The molecule has 0 radical (unpaired) electrons. The van der Waals surface area contributed by atoms with Crippen molar-refractivity contribution < 1.29 is 0 Å². The quantitative estimate of drug-likeness (QED) is 0.843. The summed E-state index contributed by atoms with van der Waals surface area (Å²) in [6, 6.07) is 7.76. The highest BCUT2D eigenvalue weighted by Crippen LogP contribution is 2.31. The first-order valence-electron chi connectivity index (χ1n) is 6.30. The Morgan fingerprint density at radius 2 is 1.84 bits per heavy atom. The molecule has 1 aromatic carbocycles. The molecule has 0 saturated heterocycles. The van der Waals surface area contributed by atoms with Crippen molar-refractivity contribution in [1.29, 1.82) is 0 Å². The van der Waals surface area contributed by atoms with E-state index >= 15 is 0 Å². The van der Waals surface area contributed by atoms with Gasteiger partial charge in [-0.05, 0) is 18.4 Å². The smallest absolute Gasteiger partial charge is 0.258 e. The Balaban J connectivity index is 2.37. The van der Waals surface area contributed by atoms with E-state index < -0.39 is 0 Å². The lowest BCUT2D eigenvalue weighted by Crippen LogP contribution is -2.44. The predicted octanol–water partition coefficient (Wildman–Crippen LogP) is 1.72. The number of aromatic nitrogens is 1. The Labute approximate surface area is 112 Å². The molecule has 0 spiro atoms. The summed E-state index contributed by atoms with van der Waals surface area (Å²) >= 11 is 0. The van der Waals surface area contributed by atoms with Gasteiger partial charge in [0.2, 0.25) is 0 Å². The Kier molecular flexibility index (Phi) is 2.42. The lowest BCUT2D eigenvalue weighted by molar-refractivity contribution is 0.201. The predicted molar refractivity (Wildman–Crippen MR) is 76.6 cm³/mol. The molecule has 1 N–H and O–H groups in total. The van der Waals surface area contributed by atoms with Crippen molar-refractivity contribution >= 4 is 10.8 Å². The zero-order valence-corrected chi connectivity index (χ0v) is 11.3. The molecule has 2 heterocycles. The monoisotopic (exact) mass is 255 g/mol. The van der Waals surface area contributed by atoms with Crippen molar-refractivity contribution in [2.24, 2.45) is 7.05 Å². The van der Waals surface area contributed by atoms with Gasteiger partial charge in [-0.15, -0.1) is 0 Å². The summed E-state index contributed by atoms with van der Waals surface area (Å²) in [5, 5.41) is 5.12. The molecular formula is C15H17N3O. The summed E-state index contributed by atoms with van der Waals surface area (Å²) in [4.78, 5) is 14.3. The second-order valence-electron chi connectivity index (χ2n) is 5.15. The van der Waals surface area contributed by atoms with Gasteiger partial charge in [0.1, 0.15) is 5.66 Å². The third kappa shape index (κ3) is 1.56. The lowest BCUT2D eigenvalue weighted by Gasteiger charge is -2.35. The van der Waals surface area contributed by atoms with Gasteiger partial charge >= 0.3 is 0 Å². The third-order valence-electron chi connectivity index (χ3n) is 3.98. The van der Waals surface area contributed by atoms with Gasteiger partial charge in [0.25, 0.3) is 5.56 Å². The maximum Gasteiger partial charge on any atom is 0.258 e. The molecule has 1 aliphatic rings. The number of benzene rings is 1. The normalized spacial score (nSPS) is 21.9. The van der Waals surface area contributed by atoms with E-state index in [4.69, 9.17) is 0 Å². The van der Waals surface area contributed by atoms with Crippen molar-refractivity contribution in [3.05, 3.63) is 58.8 Å². The molecule has 0 saturated carbocycles. The molecule has 1 atom stereocenters. The molecule has 98 valence electrons. The van der Waals surface area contributed by atoms with E-state index in [0.717, 1.165) is 16.3 Å². The van der Waals surface area contributed by atoms with Crippen LogP contribution in [-0.4, -0.2) is 16.5 Å². The number of aryl methyl sites for hydroxylation is 1. The largest absolute Gasteiger partial charge is 0.364 e. The van der Waals surface area contributed by atoms with E-state index in [1.165, 1.54) is 0 Å². The number of hydrogen-bond acceptors (Lipinski definition) is 3. The maximum atomic E-state index is 12.2. The van der Waals surface area contributed by atoms with Crippen molar-refractivity contribution in [2.45, 2.75) is 12.6 Å². The first kappa shape index (κ1) is 11.8. The number of hydrogen-bond donors (Lipinski definition) is 1. The van der Waals surface area contributed by atoms with Crippen LogP contribution in [-0.2, 0) is 12.7 Å². The van der Waals surface area contributed by atoms with Crippen LogP contribution in [0.5, 0.6) is 0 Å². The van der Waals surface area contributed by atoms with Crippen LogP contribution in [0.4, 0.5) is 0 Å². The summed E-state index contributed by atoms with van der Waals surface area (Å²) in [7, 11) is 3.82. The van der Waals surface area contributed by atoms with Gasteiger partial charge in [-0.1, -0.05) is 18.2 Å². The highest BCUT2D eigenvalue weighted by molar-refractivity contribution is 5.85. The molecule has 3 rings (SSSR count). The molecule has 2 aromatic rings. The number of nitrogens with one attached hydrogen (secondary N) is 1. The minimum Gasteiger partial charge on any atom is -0.364 e. The molecule has 0 bridgehead atoms.